The average Bonchev–Trinajstić information content (AvgIpc) is 2.55. The zero-order valence-electron chi connectivity index (χ0n) is 11.3. The molecule has 98 valence electrons. The second kappa shape index (κ2) is 4.35. The first-order valence-corrected chi connectivity index (χ1v) is 6.26. The van der Waals surface area contributed by atoms with Crippen molar-refractivity contribution in [2.75, 3.05) is 7.11 Å². The summed E-state index contributed by atoms with van der Waals surface area (Å²) in [7, 11) is 1.50. The largest absolute Gasteiger partial charge is 0.290 e. The minimum Gasteiger partial charge on any atom is -0.290 e. The van der Waals surface area contributed by atoms with Crippen molar-refractivity contribution in [3.05, 3.63) is 23.8 Å². The zero-order chi connectivity index (χ0) is 13.5. The molecular weight excluding hydrogens is 230 g/mol. The Hall–Kier alpha value is -1.42. The normalized spacial score (nSPS) is 31.7. The van der Waals surface area contributed by atoms with Gasteiger partial charge in [0.05, 0.1) is 7.11 Å². The highest BCUT2D eigenvalue weighted by molar-refractivity contribution is 6.02. The van der Waals surface area contributed by atoms with Gasteiger partial charge in [-0.1, -0.05) is 20.8 Å². The van der Waals surface area contributed by atoms with Crippen molar-refractivity contribution in [3.63, 3.8) is 0 Å². The fourth-order valence-electron chi connectivity index (χ4n) is 2.97. The van der Waals surface area contributed by atoms with E-state index in [4.69, 9.17) is 4.84 Å². The second-order valence-corrected chi connectivity index (χ2v) is 5.33. The van der Waals surface area contributed by atoms with Gasteiger partial charge < -0.3 is 0 Å². The Morgan fingerprint density at radius 3 is 2.67 bits per heavy atom. The van der Waals surface area contributed by atoms with Gasteiger partial charge in [0, 0.05) is 5.92 Å². The van der Waals surface area contributed by atoms with E-state index in [1.54, 1.807) is 6.08 Å². The SMILES string of the molecule is CON1C(=O)[C@@H](C)C[C@]12C=CC(=O)C=C2C(C)C. The number of carbonyl (C=O) groups is 2. The van der Waals surface area contributed by atoms with Crippen molar-refractivity contribution in [1.29, 1.82) is 0 Å². The molecule has 1 aliphatic heterocycles. The lowest BCUT2D eigenvalue weighted by Crippen LogP contribution is -2.47. The van der Waals surface area contributed by atoms with Crippen LogP contribution in [0.5, 0.6) is 0 Å². The van der Waals surface area contributed by atoms with Gasteiger partial charge in [-0.3, -0.25) is 14.4 Å². The highest BCUT2D eigenvalue weighted by Crippen LogP contribution is 2.44. The lowest BCUT2D eigenvalue weighted by atomic mass is 9.76. The maximum Gasteiger partial charge on any atom is 0.250 e. The monoisotopic (exact) mass is 249 g/mol. The molecule has 1 heterocycles. The Morgan fingerprint density at radius 1 is 1.44 bits per heavy atom. The van der Waals surface area contributed by atoms with Gasteiger partial charge in [0.2, 0.25) is 5.91 Å². The Labute approximate surface area is 107 Å². The van der Waals surface area contributed by atoms with Gasteiger partial charge >= 0.3 is 0 Å². The number of allylic oxidation sites excluding steroid dienone is 2. The van der Waals surface area contributed by atoms with Crippen molar-refractivity contribution in [1.82, 2.24) is 5.06 Å². The molecule has 0 bridgehead atoms. The number of hydrogen-bond donors (Lipinski definition) is 0. The summed E-state index contributed by atoms with van der Waals surface area (Å²) < 4.78 is 0. The summed E-state index contributed by atoms with van der Waals surface area (Å²) in [6.45, 7) is 5.95. The topological polar surface area (TPSA) is 46.6 Å². The Morgan fingerprint density at radius 2 is 2.11 bits per heavy atom. The lowest BCUT2D eigenvalue weighted by Gasteiger charge is -2.39. The van der Waals surface area contributed by atoms with Crippen molar-refractivity contribution in [3.8, 4) is 0 Å². The summed E-state index contributed by atoms with van der Waals surface area (Å²) in [6, 6.07) is 0. The van der Waals surface area contributed by atoms with Gasteiger partial charge in [0.1, 0.15) is 5.54 Å². The van der Waals surface area contributed by atoms with Crippen LogP contribution in [0.4, 0.5) is 0 Å². The molecule has 1 amide bonds. The number of amides is 1. The van der Waals surface area contributed by atoms with E-state index in [1.165, 1.54) is 18.2 Å². The minimum atomic E-state index is -0.576. The van der Waals surface area contributed by atoms with Gasteiger partial charge in [-0.15, -0.1) is 0 Å². The second-order valence-electron chi connectivity index (χ2n) is 5.33. The molecule has 2 atom stereocenters. The summed E-state index contributed by atoms with van der Waals surface area (Å²) in [4.78, 5) is 29.0. The van der Waals surface area contributed by atoms with Crippen LogP contribution in [0, 0.1) is 11.8 Å². The highest BCUT2D eigenvalue weighted by Gasteiger charge is 2.52. The molecule has 0 aromatic rings. The molecule has 0 saturated carbocycles. The number of ketones is 1. The van der Waals surface area contributed by atoms with Crippen LogP contribution >= 0.6 is 0 Å². The van der Waals surface area contributed by atoms with Crippen LogP contribution in [0.3, 0.4) is 0 Å². The van der Waals surface area contributed by atoms with E-state index in [1.807, 2.05) is 26.8 Å². The maximum atomic E-state index is 12.1. The van der Waals surface area contributed by atoms with Crippen molar-refractivity contribution < 1.29 is 14.4 Å². The molecule has 2 aliphatic rings. The molecule has 18 heavy (non-hydrogen) atoms. The van der Waals surface area contributed by atoms with Gasteiger partial charge in [-0.25, -0.2) is 5.06 Å². The molecule has 0 N–H and O–H groups in total. The predicted molar refractivity (Wildman–Crippen MR) is 67.4 cm³/mol. The Bertz CT molecular complexity index is 450. The van der Waals surface area contributed by atoms with E-state index < -0.39 is 5.54 Å². The van der Waals surface area contributed by atoms with Crippen LogP contribution in [0.25, 0.3) is 0 Å². The molecular formula is C14H19NO3. The van der Waals surface area contributed by atoms with E-state index in [2.05, 4.69) is 0 Å². The highest BCUT2D eigenvalue weighted by atomic mass is 16.7. The molecule has 2 rings (SSSR count). The van der Waals surface area contributed by atoms with Gasteiger partial charge in [-0.05, 0) is 36.1 Å². The molecule has 1 saturated heterocycles. The van der Waals surface area contributed by atoms with E-state index >= 15 is 0 Å². The first kappa shape index (κ1) is 13.0. The van der Waals surface area contributed by atoms with Crippen LogP contribution < -0.4 is 0 Å². The van der Waals surface area contributed by atoms with Crippen molar-refractivity contribution in [2.24, 2.45) is 11.8 Å². The number of rotatable bonds is 2. The fraction of sp³-hybridized carbons (Fsp3) is 0.571. The fourth-order valence-corrected chi connectivity index (χ4v) is 2.97. The van der Waals surface area contributed by atoms with Crippen LogP contribution in [0.2, 0.25) is 0 Å². The summed E-state index contributed by atoms with van der Waals surface area (Å²) in [5.74, 6) is 0.0510. The minimum absolute atomic E-state index is 0.0209. The smallest absolute Gasteiger partial charge is 0.250 e. The van der Waals surface area contributed by atoms with E-state index in [0.717, 1.165) is 5.57 Å². The van der Waals surface area contributed by atoms with Crippen LogP contribution in [-0.2, 0) is 14.4 Å². The van der Waals surface area contributed by atoms with E-state index in [0.29, 0.717) is 6.42 Å². The summed E-state index contributed by atoms with van der Waals surface area (Å²) in [5, 5.41) is 1.42. The van der Waals surface area contributed by atoms with Gasteiger partial charge in [0.25, 0.3) is 0 Å². The molecule has 1 aliphatic carbocycles. The molecule has 1 spiro atoms. The van der Waals surface area contributed by atoms with Gasteiger partial charge in [-0.2, -0.15) is 0 Å². The first-order valence-electron chi connectivity index (χ1n) is 6.26. The first-order chi connectivity index (χ1) is 8.42. The number of hydrogen-bond acceptors (Lipinski definition) is 3. The van der Waals surface area contributed by atoms with Crippen molar-refractivity contribution >= 4 is 11.7 Å². The number of nitrogens with zero attached hydrogens (tertiary/aromatic N) is 1. The Balaban J connectivity index is 2.52. The summed E-state index contributed by atoms with van der Waals surface area (Å²) in [6.07, 6.45) is 5.65. The molecule has 1 fully saturated rings. The van der Waals surface area contributed by atoms with E-state index in [-0.39, 0.29) is 23.5 Å². The summed E-state index contributed by atoms with van der Waals surface area (Å²) in [5.41, 5.74) is 0.377. The third-order valence-corrected chi connectivity index (χ3v) is 3.73. The van der Waals surface area contributed by atoms with Crippen LogP contribution in [0.1, 0.15) is 27.2 Å². The van der Waals surface area contributed by atoms with Crippen LogP contribution in [0.15, 0.2) is 23.8 Å². The van der Waals surface area contributed by atoms with Gasteiger partial charge in [0.15, 0.2) is 5.78 Å². The number of hydroxylamine groups is 2. The quantitative estimate of drug-likeness (QED) is 0.750. The summed E-state index contributed by atoms with van der Waals surface area (Å²) >= 11 is 0. The third-order valence-electron chi connectivity index (χ3n) is 3.73. The lowest BCUT2D eigenvalue weighted by molar-refractivity contribution is -0.185. The molecule has 0 aromatic heterocycles. The Kier molecular flexibility index (Phi) is 3.15. The maximum absolute atomic E-state index is 12.1. The molecule has 4 heteroatoms. The van der Waals surface area contributed by atoms with Crippen LogP contribution in [-0.4, -0.2) is 29.4 Å². The standard InChI is InChI=1S/C14H19NO3/c1-9(2)12-7-11(16)5-6-14(12)8-10(3)13(17)15(14)18-4/h5-7,9-10H,8H2,1-4H3/t10-,14-/m0/s1. The molecule has 0 radical (unpaired) electrons. The average molecular weight is 249 g/mol. The van der Waals surface area contributed by atoms with Crippen molar-refractivity contribution in [2.45, 2.75) is 32.7 Å². The predicted octanol–water partition coefficient (Wildman–Crippen LogP) is 1.88. The molecule has 0 aromatic carbocycles. The third kappa shape index (κ3) is 1.72. The molecule has 4 nitrogen and oxygen atoms in total. The van der Waals surface area contributed by atoms with E-state index in [9.17, 15) is 9.59 Å². The zero-order valence-corrected chi connectivity index (χ0v) is 11.3. The molecule has 0 unspecified atom stereocenters. The number of carbonyl (C=O) groups excluding carboxylic acids is 2.